The number of nitrogens with one attached hydrogen (secondary N) is 2. The molecule has 0 radical (unpaired) electrons. The van der Waals surface area contributed by atoms with Crippen LogP contribution in [-0.2, 0) is 13.1 Å². The largest absolute Gasteiger partial charge is 0.357 e. The van der Waals surface area contributed by atoms with Crippen LogP contribution in [0.4, 0.5) is 9.52 Å². The average molecular weight is 335 g/mol. The monoisotopic (exact) mass is 335 g/mol. The van der Waals surface area contributed by atoms with E-state index in [0.717, 1.165) is 22.9 Å². The number of hydrogen-bond donors (Lipinski definition) is 2. The SMILES string of the molecule is CCNC(=NCc1cccc(F)c1)NCc1csc(N(C)C)n1. The Labute approximate surface area is 140 Å². The Morgan fingerprint density at radius 2 is 2.17 bits per heavy atom. The minimum absolute atomic E-state index is 0.241. The maximum absolute atomic E-state index is 13.2. The molecule has 0 spiro atoms. The highest BCUT2D eigenvalue weighted by Crippen LogP contribution is 2.17. The van der Waals surface area contributed by atoms with Crippen LogP contribution in [0.5, 0.6) is 0 Å². The summed E-state index contributed by atoms with van der Waals surface area (Å²) in [7, 11) is 3.95. The van der Waals surface area contributed by atoms with Crippen molar-refractivity contribution in [3.8, 4) is 0 Å². The van der Waals surface area contributed by atoms with Gasteiger partial charge in [-0.1, -0.05) is 12.1 Å². The molecule has 0 unspecified atom stereocenters. The van der Waals surface area contributed by atoms with Crippen molar-refractivity contribution in [2.45, 2.75) is 20.0 Å². The summed E-state index contributed by atoms with van der Waals surface area (Å²) in [5.74, 6) is 0.450. The third-order valence-corrected chi connectivity index (χ3v) is 4.07. The van der Waals surface area contributed by atoms with E-state index in [9.17, 15) is 4.39 Å². The Kier molecular flexibility index (Phi) is 6.34. The predicted molar refractivity (Wildman–Crippen MR) is 94.5 cm³/mol. The van der Waals surface area contributed by atoms with Gasteiger partial charge in [-0.3, -0.25) is 0 Å². The lowest BCUT2D eigenvalue weighted by atomic mass is 10.2. The van der Waals surface area contributed by atoms with Crippen molar-refractivity contribution in [3.63, 3.8) is 0 Å². The van der Waals surface area contributed by atoms with Gasteiger partial charge in [-0.05, 0) is 24.6 Å². The molecule has 2 rings (SSSR count). The van der Waals surface area contributed by atoms with Crippen LogP contribution in [0.15, 0.2) is 34.6 Å². The summed E-state index contributed by atoms with van der Waals surface area (Å²) in [6.07, 6.45) is 0. The highest BCUT2D eigenvalue weighted by molar-refractivity contribution is 7.13. The van der Waals surface area contributed by atoms with Crippen LogP contribution in [0.1, 0.15) is 18.2 Å². The third-order valence-electron chi connectivity index (χ3n) is 3.01. The first-order valence-electron chi connectivity index (χ1n) is 7.47. The van der Waals surface area contributed by atoms with Gasteiger partial charge in [0.25, 0.3) is 0 Å². The number of rotatable bonds is 6. The van der Waals surface area contributed by atoms with E-state index in [2.05, 4.69) is 20.6 Å². The van der Waals surface area contributed by atoms with Crippen LogP contribution < -0.4 is 15.5 Å². The second-order valence-corrected chi connectivity index (χ2v) is 6.03. The normalized spacial score (nSPS) is 11.4. The molecule has 1 aromatic carbocycles. The smallest absolute Gasteiger partial charge is 0.191 e. The first-order valence-corrected chi connectivity index (χ1v) is 8.34. The fraction of sp³-hybridized carbons (Fsp3) is 0.375. The highest BCUT2D eigenvalue weighted by atomic mass is 32.1. The molecule has 0 aliphatic rings. The number of halogens is 1. The first kappa shape index (κ1) is 17.2. The van der Waals surface area contributed by atoms with Crippen molar-refractivity contribution >= 4 is 22.4 Å². The van der Waals surface area contributed by atoms with E-state index < -0.39 is 0 Å². The fourth-order valence-electron chi connectivity index (χ4n) is 1.90. The van der Waals surface area contributed by atoms with Crippen molar-refractivity contribution in [1.82, 2.24) is 15.6 Å². The first-order chi connectivity index (χ1) is 11.1. The molecule has 1 aromatic heterocycles. The van der Waals surface area contributed by atoms with Crippen molar-refractivity contribution in [1.29, 1.82) is 0 Å². The molecular weight excluding hydrogens is 313 g/mol. The van der Waals surface area contributed by atoms with Crippen molar-refractivity contribution in [2.75, 3.05) is 25.5 Å². The van der Waals surface area contributed by atoms with Crippen molar-refractivity contribution < 1.29 is 4.39 Å². The number of nitrogens with zero attached hydrogens (tertiary/aromatic N) is 3. The molecule has 0 aliphatic heterocycles. The lowest BCUT2D eigenvalue weighted by Gasteiger charge is -2.10. The molecule has 2 aromatic rings. The van der Waals surface area contributed by atoms with Gasteiger partial charge in [-0.2, -0.15) is 0 Å². The highest BCUT2D eigenvalue weighted by Gasteiger charge is 2.05. The van der Waals surface area contributed by atoms with Crippen LogP contribution in [0.3, 0.4) is 0 Å². The minimum Gasteiger partial charge on any atom is -0.357 e. The molecule has 0 saturated heterocycles. The zero-order valence-electron chi connectivity index (χ0n) is 13.6. The number of aromatic nitrogens is 1. The van der Waals surface area contributed by atoms with E-state index in [-0.39, 0.29) is 5.82 Å². The number of aliphatic imine (C=N–C) groups is 1. The number of guanidine groups is 1. The van der Waals surface area contributed by atoms with Gasteiger partial charge in [0.2, 0.25) is 0 Å². The molecule has 23 heavy (non-hydrogen) atoms. The Hall–Kier alpha value is -2.15. The van der Waals surface area contributed by atoms with Gasteiger partial charge in [0.05, 0.1) is 18.8 Å². The fourth-order valence-corrected chi connectivity index (χ4v) is 2.66. The van der Waals surface area contributed by atoms with Crippen molar-refractivity contribution in [3.05, 3.63) is 46.7 Å². The van der Waals surface area contributed by atoms with Gasteiger partial charge in [-0.15, -0.1) is 11.3 Å². The van der Waals surface area contributed by atoms with E-state index in [1.54, 1.807) is 17.4 Å². The topological polar surface area (TPSA) is 52.6 Å². The van der Waals surface area contributed by atoms with Gasteiger partial charge in [-0.25, -0.2) is 14.4 Å². The molecule has 5 nitrogen and oxygen atoms in total. The molecule has 0 aliphatic carbocycles. The second-order valence-electron chi connectivity index (χ2n) is 5.19. The zero-order valence-corrected chi connectivity index (χ0v) is 14.5. The summed E-state index contributed by atoms with van der Waals surface area (Å²) in [5.41, 5.74) is 1.81. The number of hydrogen-bond acceptors (Lipinski definition) is 4. The Bertz CT molecular complexity index is 653. The molecule has 0 amide bonds. The van der Waals surface area contributed by atoms with Gasteiger partial charge in [0.1, 0.15) is 5.82 Å². The summed E-state index contributed by atoms with van der Waals surface area (Å²) in [6.45, 7) is 3.79. The molecule has 7 heteroatoms. The van der Waals surface area contributed by atoms with Gasteiger partial charge >= 0.3 is 0 Å². The molecular formula is C16H22FN5S. The number of anilines is 1. The molecule has 0 fully saturated rings. The van der Waals surface area contributed by atoms with Gasteiger partial charge in [0, 0.05) is 26.0 Å². The van der Waals surface area contributed by atoms with Gasteiger partial charge < -0.3 is 15.5 Å². The van der Waals surface area contributed by atoms with Crippen molar-refractivity contribution in [2.24, 2.45) is 4.99 Å². The molecule has 2 N–H and O–H groups in total. The number of benzene rings is 1. The van der Waals surface area contributed by atoms with Crippen LogP contribution in [0, 0.1) is 5.82 Å². The van der Waals surface area contributed by atoms with E-state index in [1.165, 1.54) is 12.1 Å². The minimum atomic E-state index is -0.241. The quantitative estimate of drug-likeness (QED) is 0.629. The summed E-state index contributed by atoms with van der Waals surface area (Å²) in [5, 5.41) is 9.42. The predicted octanol–water partition coefficient (Wildman–Crippen LogP) is 2.60. The molecule has 124 valence electrons. The molecule has 0 atom stereocenters. The second kappa shape index (κ2) is 8.47. The van der Waals surface area contributed by atoms with Gasteiger partial charge in [0.15, 0.2) is 11.1 Å². The lowest BCUT2D eigenvalue weighted by molar-refractivity contribution is 0.625. The van der Waals surface area contributed by atoms with Crippen LogP contribution >= 0.6 is 11.3 Å². The van der Waals surface area contributed by atoms with Crippen LogP contribution in [0.2, 0.25) is 0 Å². The Morgan fingerprint density at radius 1 is 1.35 bits per heavy atom. The Balaban J connectivity index is 1.95. The standard InChI is InChI=1S/C16H22FN5S/c1-4-18-15(19-9-12-6-5-7-13(17)8-12)20-10-14-11-23-16(21-14)22(2)3/h5-8,11H,4,9-10H2,1-3H3,(H2,18,19,20). The Morgan fingerprint density at radius 3 is 2.83 bits per heavy atom. The van der Waals surface area contributed by atoms with E-state index in [1.807, 2.05) is 37.4 Å². The maximum Gasteiger partial charge on any atom is 0.191 e. The van der Waals surface area contributed by atoms with E-state index >= 15 is 0 Å². The van der Waals surface area contributed by atoms with Crippen LogP contribution in [-0.4, -0.2) is 31.6 Å². The summed E-state index contributed by atoms with van der Waals surface area (Å²) in [4.78, 5) is 11.0. The molecule has 0 saturated carbocycles. The summed E-state index contributed by atoms with van der Waals surface area (Å²) < 4.78 is 13.2. The molecule has 0 bridgehead atoms. The third kappa shape index (κ3) is 5.52. The lowest BCUT2D eigenvalue weighted by Crippen LogP contribution is -2.36. The maximum atomic E-state index is 13.2. The van der Waals surface area contributed by atoms with E-state index in [0.29, 0.717) is 19.0 Å². The summed E-state index contributed by atoms with van der Waals surface area (Å²) >= 11 is 1.61. The number of thiazole rings is 1. The zero-order chi connectivity index (χ0) is 16.7. The molecule has 1 heterocycles. The summed E-state index contributed by atoms with van der Waals surface area (Å²) in [6, 6.07) is 6.48. The van der Waals surface area contributed by atoms with Crippen LogP contribution in [0.25, 0.3) is 0 Å². The van der Waals surface area contributed by atoms with E-state index in [4.69, 9.17) is 0 Å². The average Bonchev–Trinajstić information content (AvgIpc) is 2.99.